The summed E-state index contributed by atoms with van der Waals surface area (Å²) in [5.41, 5.74) is 2.01. The van der Waals surface area contributed by atoms with Gasteiger partial charge in [-0.3, -0.25) is 9.48 Å². The molecule has 0 spiro atoms. The maximum Gasteiger partial charge on any atom is 0.268 e. The van der Waals surface area contributed by atoms with Gasteiger partial charge in [-0.05, 0) is 38.0 Å². The molecular weight excluding hydrogens is 328 g/mol. The smallest absolute Gasteiger partial charge is 0.268 e. The number of rotatable bonds is 4. The van der Waals surface area contributed by atoms with E-state index in [0.29, 0.717) is 11.8 Å². The van der Waals surface area contributed by atoms with E-state index in [2.05, 4.69) is 38.7 Å². The third-order valence-electron chi connectivity index (χ3n) is 5.62. The minimum Gasteiger partial charge on any atom is -0.370 e. The molecule has 2 aliphatic rings. The van der Waals surface area contributed by atoms with Gasteiger partial charge >= 0.3 is 0 Å². The Kier molecular flexibility index (Phi) is 4.86. The van der Waals surface area contributed by atoms with Crippen molar-refractivity contribution in [2.45, 2.75) is 44.6 Å². The Morgan fingerprint density at radius 3 is 2.77 bits per heavy atom. The first-order valence-electron chi connectivity index (χ1n) is 9.52. The molecule has 0 amide bonds. The minimum absolute atomic E-state index is 0.0580. The predicted molar refractivity (Wildman–Crippen MR) is 100 cm³/mol. The summed E-state index contributed by atoms with van der Waals surface area (Å²) < 4.78 is 3.38. The zero-order valence-electron chi connectivity index (χ0n) is 15.3. The number of aryl methyl sites for hydroxylation is 1. The molecule has 4 rings (SSSR count). The fourth-order valence-corrected chi connectivity index (χ4v) is 3.92. The molecule has 2 aromatic rings. The lowest BCUT2D eigenvalue weighted by Crippen LogP contribution is -2.36. The quantitative estimate of drug-likeness (QED) is 0.787. The summed E-state index contributed by atoms with van der Waals surface area (Å²) in [5.74, 6) is 1.13. The lowest BCUT2D eigenvalue weighted by molar-refractivity contribution is 0.339. The van der Waals surface area contributed by atoms with Crippen molar-refractivity contribution in [2.75, 3.05) is 18.0 Å². The number of nitrogens with zero attached hydrogens (tertiary/aromatic N) is 6. The molecule has 1 fully saturated rings. The van der Waals surface area contributed by atoms with Crippen LogP contribution < -0.4 is 10.5 Å². The highest BCUT2D eigenvalue weighted by Crippen LogP contribution is 2.28. The summed E-state index contributed by atoms with van der Waals surface area (Å²) in [7, 11) is 1.67. The molecule has 0 bridgehead atoms. The fraction of sp³-hybridized carbons (Fsp3) is 0.579. The average molecular weight is 354 g/mol. The van der Waals surface area contributed by atoms with E-state index < -0.39 is 0 Å². The maximum absolute atomic E-state index is 11.8. The van der Waals surface area contributed by atoms with Gasteiger partial charge in [0.05, 0.1) is 17.6 Å². The monoisotopic (exact) mass is 354 g/mol. The maximum atomic E-state index is 11.8. The SMILES string of the molecule is Cn1ncc(N2CCC(Cn3cc([C@@H]4CC=CCC4)nn3)CC2)cc1=O. The Morgan fingerprint density at radius 1 is 1.19 bits per heavy atom. The van der Waals surface area contributed by atoms with Gasteiger partial charge in [-0.2, -0.15) is 5.10 Å². The molecular formula is C19H26N6O. The molecule has 0 radical (unpaired) electrons. The van der Waals surface area contributed by atoms with Crippen LogP contribution in [0, 0.1) is 5.92 Å². The van der Waals surface area contributed by atoms with Gasteiger partial charge in [-0.1, -0.05) is 17.4 Å². The Morgan fingerprint density at radius 2 is 2.04 bits per heavy atom. The van der Waals surface area contributed by atoms with Crippen LogP contribution in [0.4, 0.5) is 5.69 Å². The molecule has 0 saturated carbocycles. The lowest BCUT2D eigenvalue weighted by atomic mass is 9.92. The van der Waals surface area contributed by atoms with Crippen LogP contribution in [0.5, 0.6) is 0 Å². The van der Waals surface area contributed by atoms with E-state index in [4.69, 9.17) is 0 Å². The van der Waals surface area contributed by atoms with Crippen molar-refractivity contribution >= 4 is 5.69 Å². The Balaban J connectivity index is 1.32. The van der Waals surface area contributed by atoms with Gasteiger partial charge in [0.1, 0.15) is 0 Å². The highest BCUT2D eigenvalue weighted by Gasteiger charge is 2.22. The van der Waals surface area contributed by atoms with Crippen LogP contribution in [0.3, 0.4) is 0 Å². The minimum atomic E-state index is -0.0580. The Labute approximate surface area is 153 Å². The van der Waals surface area contributed by atoms with Crippen LogP contribution in [0.1, 0.15) is 43.7 Å². The molecule has 2 aromatic heterocycles. The second-order valence-corrected chi connectivity index (χ2v) is 7.45. The molecule has 7 nitrogen and oxygen atoms in total. The zero-order chi connectivity index (χ0) is 17.9. The molecule has 1 aliphatic heterocycles. The van der Waals surface area contributed by atoms with Gasteiger partial charge in [-0.15, -0.1) is 5.10 Å². The highest BCUT2D eigenvalue weighted by atomic mass is 16.1. The number of hydrogen-bond donors (Lipinski definition) is 0. The van der Waals surface area contributed by atoms with E-state index in [0.717, 1.165) is 56.7 Å². The molecule has 1 saturated heterocycles. The molecule has 0 aromatic carbocycles. The average Bonchev–Trinajstić information content (AvgIpc) is 3.14. The van der Waals surface area contributed by atoms with Gasteiger partial charge in [0.2, 0.25) is 0 Å². The summed E-state index contributed by atoms with van der Waals surface area (Å²) >= 11 is 0. The summed E-state index contributed by atoms with van der Waals surface area (Å²) in [5, 5.41) is 12.9. The first kappa shape index (κ1) is 17.0. The van der Waals surface area contributed by atoms with Gasteiger partial charge in [-0.25, -0.2) is 4.68 Å². The number of hydrogen-bond acceptors (Lipinski definition) is 5. The van der Waals surface area contributed by atoms with Crippen molar-refractivity contribution in [3.63, 3.8) is 0 Å². The number of piperidine rings is 1. The molecule has 3 heterocycles. The second-order valence-electron chi connectivity index (χ2n) is 7.45. The van der Waals surface area contributed by atoms with E-state index in [1.165, 1.54) is 11.1 Å². The first-order valence-corrected chi connectivity index (χ1v) is 9.52. The highest BCUT2D eigenvalue weighted by molar-refractivity contribution is 5.43. The third kappa shape index (κ3) is 3.71. The van der Waals surface area contributed by atoms with E-state index >= 15 is 0 Å². The zero-order valence-corrected chi connectivity index (χ0v) is 15.3. The number of allylic oxidation sites excluding steroid dienone is 2. The summed E-state index contributed by atoms with van der Waals surface area (Å²) in [4.78, 5) is 14.0. The molecule has 138 valence electrons. The fourth-order valence-electron chi connectivity index (χ4n) is 3.92. The molecule has 7 heteroatoms. The molecule has 1 aliphatic carbocycles. The molecule has 0 unspecified atom stereocenters. The van der Waals surface area contributed by atoms with Crippen LogP contribution in [0.25, 0.3) is 0 Å². The van der Waals surface area contributed by atoms with Crippen LogP contribution in [-0.2, 0) is 13.6 Å². The van der Waals surface area contributed by atoms with E-state index in [1.54, 1.807) is 19.3 Å². The van der Waals surface area contributed by atoms with Crippen LogP contribution in [0.15, 0.2) is 35.4 Å². The predicted octanol–water partition coefficient (Wildman–Crippen LogP) is 2.11. The van der Waals surface area contributed by atoms with Gasteiger partial charge in [0, 0.05) is 44.9 Å². The molecule has 0 N–H and O–H groups in total. The standard InChI is InChI=1S/C19H26N6O/c1-23-19(26)11-17(12-20-23)24-9-7-15(8-10-24)13-25-14-18(21-22-25)16-5-3-2-4-6-16/h2-3,11-12,14-16H,4-10,13H2,1H3/t16-/m1/s1. The van der Waals surface area contributed by atoms with Crippen molar-refractivity contribution in [3.05, 3.63) is 46.7 Å². The Bertz CT molecular complexity index is 831. The second kappa shape index (κ2) is 7.43. The van der Waals surface area contributed by atoms with Crippen LogP contribution >= 0.6 is 0 Å². The number of anilines is 1. The summed E-state index contributed by atoms with van der Waals surface area (Å²) in [6.07, 6.45) is 14.0. The lowest BCUT2D eigenvalue weighted by Gasteiger charge is -2.33. The third-order valence-corrected chi connectivity index (χ3v) is 5.62. The van der Waals surface area contributed by atoms with Crippen LogP contribution in [0.2, 0.25) is 0 Å². The van der Waals surface area contributed by atoms with E-state index in [9.17, 15) is 4.79 Å². The van der Waals surface area contributed by atoms with Crippen molar-refractivity contribution in [1.29, 1.82) is 0 Å². The number of aromatic nitrogens is 5. The van der Waals surface area contributed by atoms with Crippen molar-refractivity contribution in [1.82, 2.24) is 24.8 Å². The van der Waals surface area contributed by atoms with Gasteiger partial charge < -0.3 is 4.90 Å². The van der Waals surface area contributed by atoms with E-state index in [1.807, 2.05) is 4.68 Å². The summed E-state index contributed by atoms with van der Waals surface area (Å²) in [6, 6.07) is 1.68. The van der Waals surface area contributed by atoms with Crippen molar-refractivity contribution in [3.8, 4) is 0 Å². The first-order chi connectivity index (χ1) is 12.7. The molecule has 1 atom stereocenters. The van der Waals surface area contributed by atoms with Gasteiger partial charge in [0.25, 0.3) is 5.56 Å². The van der Waals surface area contributed by atoms with Gasteiger partial charge in [0.15, 0.2) is 0 Å². The largest absolute Gasteiger partial charge is 0.370 e. The normalized spacial score (nSPS) is 21.3. The summed E-state index contributed by atoms with van der Waals surface area (Å²) in [6.45, 7) is 2.83. The Hall–Kier alpha value is -2.44. The topological polar surface area (TPSA) is 68.8 Å². The molecule has 26 heavy (non-hydrogen) atoms. The van der Waals surface area contributed by atoms with E-state index in [-0.39, 0.29) is 5.56 Å². The van der Waals surface area contributed by atoms with Crippen molar-refractivity contribution < 1.29 is 0 Å². The van der Waals surface area contributed by atoms with Crippen molar-refractivity contribution in [2.24, 2.45) is 13.0 Å². The van der Waals surface area contributed by atoms with Crippen LogP contribution in [-0.4, -0.2) is 37.9 Å².